The number of halogens is 2. The first-order valence-corrected chi connectivity index (χ1v) is 9.01. The number of hydrogen-bond donors (Lipinski definition) is 0. The Hall–Kier alpha value is -0.330. The zero-order valence-corrected chi connectivity index (χ0v) is 15.2. The van der Waals surface area contributed by atoms with Crippen LogP contribution >= 0.6 is 34.2 Å². The van der Waals surface area contributed by atoms with Crippen molar-refractivity contribution in [1.29, 1.82) is 0 Å². The molecule has 3 nitrogen and oxygen atoms in total. The first kappa shape index (κ1) is 15.6. The minimum atomic E-state index is 0.288. The third-order valence-corrected chi connectivity index (χ3v) is 5.21. The lowest BCUT2D eigenvalue weighted by Crippen LogP contribution is -2.31. The van der Waals surface area contributed by atoms with Gasteiger partial charge in [-0.1, -0.05) is 6.92 Å². The number of benzene rings is 1. The monoisotopic (exact) mass is 418 g/mol. The van der Waals surface area contributed by atoms with Gasteiger partial charge >= 0.3 is 0 Å². The van der Waals surface area contributed by atoms with E-state index < -0.39 is 0 Å². The Morgan fingerprint density at radius 2 is 2.14 bits per heavy atom. The summed E-state index contributed by atoms with van der Waals surface area (Å²) in [6.07, 6.45) is 3.04. The number of imidazole rings is 1. The molecule has 0 bridgehead atoms. The third kappa shape index (κ3) is 3.37. The molecule has 0 radical (unpaired) electrons. The van der Waals surface area contributed by atoms with Crippen LogP contribution in [0.4, 0.5) is 0 Å². The van der Waals surface area contributed by atoms with E-state index in [2.05, 4.69) is 52.3 Å². The summed E-state index contributed by atoms with van der Waals surface area (Å²) in [6, 6.07) is 6.48. The number of aromatic nitrogens is 2. The van der Waals surface area contributed by atoms with Crippen LogP contribution in [-0.2, 0) is 17.7 Å². The van der Waals surface area contributed by atoms with Crippen LogP contribution in [0.5, 0.6) is 0 Å². The van der Waals surface area contributed by atoms with E-state index >= 15 is 0 Å². The molecule has 1 fully saturated rings. The van der Waals surface area contributed by atoms with E-state index in [4.69, 9.17) is 21.3 Å². The molecular weight excluding hydrogens is 399 g/mol. The lowest BCUT2D eigenvalue weighted by atomic mass is 9.82. The molecule has 114 valence electrons. The van der Waals surface area contributed by atoms with Gasteiger partial charge in [0.05, 0.1) is 11.0 Å². The largest absolute Gasteiger partial charge is 0.381 e. The fourth-order valence-corrected chi connectivity index (χ4v) is 3.65. The molecule has 0 aliphatic carbocycles. The van der Waals surface area contributed by atoms with Crippen LogP contribution < -0.4 is 0 Å². The summed E-state index contributed by atoms with van der Waals surface area (Å²) in [5.74, 6) is 1.72. The van der Waals surface area contributed by atoms with Crippen LogP contribution in [0.15, 0.2) is 18.2 Å². The smallest absolute Gasteiger partial charge is 0.111 e. The molecule has 1 aromatic heterocycles. The van der Waals surface area contributed by atoms with Crippen molar-refractivity contribution >= 4 is 45.2 Å². The Bertz CT molecular complexity index is 634. The Labute approximate surface area is 144 Å². The fraction of sp³-hybridized carbons (Fsp3) is 0.562. The van der Waals surface area contributed by atoms with E-state index in [9.17, 15) is 0 Å². The van der Waals surface area contributed by atoms with Gasteiger partial charge in [0.2, 0.25) is 0 Å². The van der Waals surface area contributed by atoms with E-state index in [0.29, 0.717) is 5.88 Å². The van der Waals surface area contributed by atoms with Gasteiger partial charge in [0.15, 0.2) is 0 Å². The molecule has 2 aromatic rings. The van der Waals surface area contributed by atoms with E-state index in [1.807, 2.05) is 0 Å². The maximum atomic E-state index is 5.97. The second-order valence-electron chi connectivity index (χ2n) is 6.11. The summed E-state index contributed by atoms with van der Waals surface area (Å²) in [7, 11) is 0. The van der Waals surface area contributed by atoms with Crippen molar-refractivity contribution in [3.8, 4) is 0 Å². The van der Waals surface area contributed by atoms with Crippen LogP contribution in [0, 0.1) is 8.99 Å². The Kier molecular flexibility index (Phi) is 4.76. The molecule has 1 saturated heterocycles. The van der Waals surface area contributed by atoms with Crippen LogP contribution in [0.2, 0.25) is 0 Å². The Balaban J connectivity index is 2.00. The molecule has 0 N–H and O–H groups in total. The number of fused-ring (bicyclic) bond motifs is 1. The molecule has 0 unspecified atom stereocenters. The third-order valence-electron chi connectivity index (χ3n) is 4.35. The van der Waals surface area contributed by atoms with Crippen LogP contribution in [-0.4, -0.2) is 28.6 Å². The molecule has 21 heavy (non-hydrogen) atoms. The van der Waals surface area contributed by atoms with Gasteiger partial charge in [0, 0.05) is 35.6 Å². The number of alkyl halides is 1. The van der Waals surface area contributed by atoms with Gasteiger partial charge in [0.25, 0.3) is 0 Å². The van der Waals surface area contributed by atoms with Crippen molar-refractivity contribution in [2.45, 2.75) is 32.7 Å². The highest BCUT2D eigenvalue weighted by molar-refractivity contribution is 14.1. The first-order valence-electron chi connectivity index (χ1n) is 7.40. The number of hydrogen-bond acceptors (Lipinski definition) is 2. The normalized spacial score (nSPS) is 18.2. The van der Waals surface area contributed by atoms with E-state index in [-0.39, 0.29) is 5.41 Å². The fourth-order valence-electron chi connectivity index (χ4n) is 3.01. The molecule has 1 aliphatic rings. The maximum Gasteiger partial charge on any atom is 0.111 e. The number of nitrogens with zero attached hydrogens (tertiary/aromatic N) is 2. The SMILES string of the molecule is CC1(Cn2c(CCCl)nc3cc(I)ccc32)CCOCC1. The highest BCUT2D eigenvalue weighted by atomic mass is 127. The summed E-state index contributed by atoms with van der Waals surface area (Å²) < 4.78 is 9.11. The summed E-state index contributed by atoms with van der Waals surface area (Å²) >= 11 is 8.31. The predicted octanol–water partition coefficient (Wildman–Crippen LogP) is 4.24. The first-order chi connectivity index (χ1) is 10.1. The average molecular weight is 419 g/mol. The summed E-state index contributed by atoms with van der Waals surface area (Å²) in [4.78, 5) is 4.80. The maximum absolute atomic E-state index is 5.97. The van der Waals surface area contributed by atoms with Crippen molar-refractivity contribution in [1.82, 2.24) is 9.55 Å². The van der Waals surface area contributed by atoms with E-state index in [0.717, 1.165) is 50.4 Å². The van der Waals surface area contributed by atoms with Crippen molar-refractivity contribution in [3.63, 3.8) is 0 Å². The van der Waals surface area contributed by atoms with Crippen LogP contribution in [0.3, 0.4) is 0 Å². The van der Waals surface area contributed by atoms with Crippen LogP contribution in [0.25, 0.3) is 11.0 Å². The molecule has 0 atom stereocenters. The zero-order chi connectivity index (χ0) is 14.9. The highest BCUT2D eigenvalue weighted by Gasteiger charge is 2.29. The Morgan fingerprint density at radius 1 is 1.38 bits per heavy atom. The average Bonchev–Trinajstić information content (AvgIpc) is 2.76. The zero-order valence-electron chi connectivity index (χ0n) is 12.2. The van der Waals surface area contributed by atoms with Crippen LogP contribution in [0.1, 0.15) is 25.6 Å². The second-order valence-corrected chi connectivity index (χ2v) is 7.73. The highest BCUT2D eigenvalue weighted by Crippen LogP contribution is 2.33. The van der Waals surface area contributed by atoms with Gasteiger partial charge < -0.3 is 9.30 Å². The minimum Gasteiger partial charge on any atom is -0.381 e. The van der Waals surface area contributed by atoms with Gasteiger partial charge in [-0.05, 0) is 59.0 Å². The van der Waals surface area contributed by atoms with Gasteiger partial charge in [-0.2, -0.15) is 0 Å². The minimum absolute atomic E-state index is 0.288. The van der Waals surface area contributed by atoms with Gasteiger partial charge in [0.1, 0.15) is 5.82 Å². The molecule has 1 aliphatic heterocycles. The molecular formula is C16H20ClIN2O. The van der Waals surface area contributed by atoms with Gasteiger partial charge in [-0.15, -0.1) is 11.6 Å². The van der Waals surface area contributed by atoms with Crippen molar-refractivity contribution in [3.05, 3.63) is 27.6 Å². The topological polar surface area (TPSA) is 27.1 Å². The Morgan fingerprint density at radius 3 is 2.86 bits per heavy atom. The van der Waals surface area contributed by atoms with E-state index in [1.54, 1.807) is 0 Å². The molecule has 0 amide bonds. The second kappa shape index (κ2) is 6.42. The number of rotatable bonds is 4. The number of ether oxygens (including phenoxy) is 1. The van der Waals surface area contributed by atoms with Gasteiger partial charge in [-0.25, -0.2) is 4.98 Å². The molecule has 1 aromatic carbocycles. The quantitative estimate of drug-likeness (QED) is 0.548. The summed E-state index contributed by atoms with van der Waals surface area (Å²) in [5.41, 5.74) is 2.59. The van der Waals surface area contributed by atoms with Crippen molar-refractivity contribution < 1.29 is 4.74 Å². The lowest BCUT2D eigenvalue weighted by molar-refractivity contribution is 0.0157. The lowest BCUT2D eigenvalue weighted by Gasteiger charge is -2.34. The number of aryl methyl sites for hydroxylation is 1. The van der Waals surface area contributed by atoms with E-state index in [1.165, 1.54) is 9.09 Å². The van der Waals surface area contributed by atoms with Gasteiger partial charge in [-0.3, -0.25) is 0 Å². The molecule has 3 rings (SSSR count). The molecule has 5 heteroatoms. The summed E-state index contributed by atoms with van der Waals surface area (Å²) in [5, 5.41) is 0. The molecule has 2 heterocycles. The summed E-state index contributed by atoms with van der Waals surface area (Å²) in [6.45, 7) is 5.09. The molecule has 0 spiro atoms. The van der Waals surface area contributed by atoms with Crippen molar-refractivity contribution in [2.24, 2.45) is 5.41 Å². The standard InChI is InChI=1S/C16H20ClIN2O/c1-16(5-8-21-9-6-16)11-20-14-3-2-12(18)10-13(14)19-15(20)4-7-17/h2-3,10H,4-9,11H2,1H3. The predicted molar refractivity (Wildman–Crippen MR) is 95.0 cm³/mol. The molecule has 0 saturated carbocycles. The van der Waals surface area contributed by atoms with Crippen molar-refractivity contribution in [2.75, 3.05) is 19.1 Å².